The minimum absolute atomic E-state index is 0.216. The molecule has 1 heterocycles. The molecule has 5 rings (SSSR count). The summed E-state index contributed by atoms with van der Waals surface area (Å²) in [6.45, 7) is 2.23. The van der Waals surface area contributed by atoms with E-state index >= 15 is 0 Å². The summed E-state index contributed by atoms with van der Waals surface area (Å²) < 4.78 is 16.7. The minimum atomic E-state index is -0.398. The summed E-state index contributed by atoms with van der Waals surface area (Å²) in [4.78, 5) is 12.0. The van der Waals surface area contributed by atoms with Gasteiger partial charge >= 0.3 is 5.97 Å². The Morgan fingerprint density at radius 1 is 1.03 bits per heavy atom. The number of hydrogen-bond acceptors (Lipinski definition) is 5. The van der Waals surface area contributed by atoms with Crippen molar-refractivity contribution in [3.63, 3.8) is 0 Å². The molecular weight excluding hydrogens is 557 g/mol. The average Bonchev–Trinajstić information content (AvgIpc) is 3.70. The molecule has 1 aliphatic rings. The van der Waals surface area contributed by atoms with Crippen molar-refractivity contribution in [3.8, 4) is 28.8 Å². The first kappa shape index (κ1) is 27.1. The van der Waals surface area contributed by atoms with Crippen LogP contribution in [0.3, 0.4) is 0 Å². The minimum Gasteiger partial charge on any atom is -0.489 e. The lowest BCUT2D eigenvalue weighted by Crippen LogP contribution is -2.02. The summed E-state index contributed by atoms with van der Waals surface area (Å²) in [5, 5.41) is 5.74. The maximum absolute atomic E-state index is 12.0. The van der Waals surface area contributed by atoms with Crippen molar-refractivity contribution in [2.75, 3.05) is 7.11 Å². The molecular formula is C31H24Cl3NO4. The number of ether oxygens (including phenoxy) is 2. The molecule has 0 spiro atoms. The molecule has 1 aliphatic carbocycles. The number of benzene rings is 3. The van der Waals surface area contributed by atoms with Crippen molar-refractivity contribution in [2.45, 2.75) is 38.7 Å². The van der Waals surface area contributed by atoms with Crippen LogP contribution in [0, 0.1) is 11.8 Å². The van der Waals surface area contributed by atoms with Gasteiger partial charge in [0.1, 0.15) is 23.8 Å². The van der Waals surface area contributed by atoms with Gasteiger partial charge < -0.3 is 14.0 Å². The van der Waals surface area contributed by atoms with E-state index in [0.29, 0.717) is 54.7 Å². The molecule has 3 aromatic carbocycles. The number of esters is 1. The second-order valence-electron chi connectivity index (χ2n) is 9.19. The SMILES string of the molecule is CCc1cc(C#Cc2ccc(OCc3c(-c4c(Cl)cccc4Cl)noc3C3CC3)cc2Cl)cc(C(=O)OC)c1. The van der Waals surface area contributed by atoms with Crippen molar-refractivity contribution < 1.29 is 18.8 Å². The number of hydrogen-bond donors (Lipinski definition) is 0. The van der Waals surface area contributed by atoms with Gasteiger partial charge in [-0.2, -0.15) is 0 Å². The smallest absolute Gasteiger partial charge is 0.337 e. The Morgan fingerprint density at radius 3 is 2.46 bits per heavy atom. The van der Waals surface area contributed by atoms with E-state index in [9.17, 15) is 4.79 Å². The molecule has 8 heteroatoms. The molecule has 0 saturated heterocycles. The van der Waals surface area contributed by atoms with Crippen molar-refractivity contribution in [1.29, 1.82) is 0 Å². The Bertz CT molecular complexity index is 1590. The average molecular weight is 581 g/mol. The standard InChI is InChI=1S/C31H24Cl3NO4/c1-3-18-13-19(15-22(14-18)31(36)37-2)7-8-20-11-12-23(16-27(20)34)38-17-24-29(35-39-30(24)21-9-10-21)28-25(32)5-4-6-26(28)33/h4-6,11-16,21H,3,9-10,17H2,1-2H3. The highest BCUT2D eigenvalue weighted by Gasteiger charge is 2.33. The maximum Gasteiger partial charge on any atom is 0.337 e. The number of aryl methyl sites for hydroxylation is 1. The lowest BCUT2D eigenvalue weighted by Gasteiger charge is -2.10. The van der Waals surface area contributed by atoms with Gasteiger partial charge in [0.05, 0.1) is 33.3 Å². The molecule has 5 nitrogen and oxygen atoms in total. The quantitative estimate of drug-likeness (QED) is 0.162. The molecule has 0 radical (unpaired) electrons. The third-order valence-corrected chi connectivity index (χ3v) is 7.40. The van der Waals surface area contributed by atoms with Crippen LogP contribution in [0.5, 0.6) is 5.75 Å². The predicted molar refractivity (Wildman–Crippen MR) is 153 cm³/mol. The predicted octanol–water partition coefficient (Wildman–Crippen LogP) is 8.51. The molecule has 0 unspecified atom stereocenters. The second-order valence-corrected chi connectivity index (χ2v) is 10.4. The number of nitrogens with zero attached hydrogens (tertiary/aromatic N) is 1. The van der Waals surface area contributed by atoms with Gasteiger partial charge in [-0.15, -0.1) is 0 Å². The Kier molecular flexibility index (Phi) is 8.18. The van der Waals surface area contributed by atoms with Gasteiger partial charge in [-0.1, -0.05) is 64.8 Å². The lowest BCUT2D eigenvalue weighted by molar-refractivity contribution is 0.0600. The summed E-state index contributed by atoms with van der Waals surface area (Å²) in [7, 11) is 1.36. The van der Waals surface area contributed by atoms with E-state index in [1.807, 2.05) is 25.1 Å². The van der Waals surface area contributed by atoms with Crippen molar-refractivity contribution >= 4 is 40.8 Å². The Labute approximate surface area is 242 Å². The van der Waals surface area contributed by atoms with Crippen molar-refractivity contribution in [1.82, 2.24) is 5.16 Å². The molecule has 0 amide bonds. The lowest BCUT2D eigenvalue weighted by atomic mass is 10.0. The third-order valence-electron chi connectivity index (χ3n) is 6.45. The van der Waals surface area contributed by atoms with Crippen LogP contribution in [0.4, 0.5) is 0 Å². The molecule has 0 aliphatic heterocycles. The van der Waals surface area contributed by atoms with Crippen LogP contribution in [0.2, 0.25) is 15.1 Å². The number of carbonyl (C=O) groups is 1. The second kappa shape index (κ2) is 11.8. The fourth-order valence-corrected chi connectivity index (χ4v) is 5.03. The molecule has 39 heavy (non-hydrogen) atoms. The van der Waals surface area contributed by atoms with Crippen LogP contribution in [0.1, 0.15) is 64.1 Å². The fraction of sp³-hybridized carbons (Fsp3) is 0.226. The number of aromatic nitrogens is 1. The zero-order chi connectivity index (χ0) is 27.5. The van der Waals surface area contributed by atoms with Crippen LogP contribution in [0.15, 0.2) is 59.1 Å². The largest absolute Gasteiger partial charge is 0.489 e. The first-order valence-corrected chi connectivity index (χ1v) is 13.6. The summed E-state index contributed by atoms with van der Waals surface area (Å²) in [5.74, 6) is 7.49. The molecule has 4 aromatic rings. The summed E-state index contributed by atoms with van der Waals surface area (Å²) in [6.07, 6.45) is 2.85. The Morgan fingerprint density at radius 2 is 1.79 bits per heavy atom. The van der Waals surface area contributed by atoms with Gasteiger partial charge in [-0.05, 0) is 67.3 Å². The monoisotopic (exact) mass is 579 g/mol. The summed E-state index contributed by atoms with van der Waals surface area (Å²) in [5.41, 5.74) is 4.84. The molecule has 0 N–H and O–H groups in total. The number of carbonyl (C=O) groups excluding carboxylic acids is 1. The Balaban J connectivity index is 1.37. The number of halogens is 3. The van der Waals surface area contributed by atoms with Crippen LogP contribution in [-0.2, 0) is 17.8 Å². The normalized spacial score (nSPS) is 12.5. The zero-order valence-corrected chi connectivity index (χ0v) is 23.6. The van der Waals surface area contributed by atoms with Gasteiger partial charge in [-0.3, -0.25) is 0 Å². The highest BCUT2D eigenvalue weighted by atomic mass is 35.5. The molecule has 0 bridgehead atoms. The van der Waals surface area contributed by atoms with E-state index in [0.717, 1.165) is 36.1 Å². The van der Waals surface area contributed by atoms with Gasteiger partial charge in [0, 0.05) is 28.7 Å². The van der Waals surface area contributed by atoms with E-state index in [1.54, 1.807) is 36.4 Å². The number of rotatable bonds is 7. The van der Waals surface area contributed by atoms with Crippen LogP contribution >= 0.6 is 34.8 Å². The maximum atomic E-state index is 12.0. The molecule has 0 atom stereocenters. The topological polar surface area (TPSA) is 61.6 Å². The van der Waals surface area contributed by atoms with Crippen molar-refractivity contribution in [2.24, 2.45) is 0 Å². The van der Waals surface area contributed by atoms with E-state index < -0.39 is 5.97 Å². The highest BCUT2D eigenvalue weighted by Crippen LogP contribution is 2.46. The van der Waals surface area contributed by atoms with Gasteiger partial charge in [0.15, 0.2) is 0 Å². The van der Waals surface area contributed by atoms with Gasteiger partial charge in [-0.25, -0.2) is 4.79 Å². The third kappa shape index (κ3) is 6.09. The first-order chi connectivity index (χ1) is 18.9. The van der Waals surface area contributed by atoms with Crippen molar-refractivity contribution in [3.05, 3.63) is 103 Å². The van der Waals surface area contributed by atoms with E-state index in [-0.39, 0.29) is 6.61 Å². The van der Waals surface area contributed by atoms with Gasteiger partial charge in [0.2, 0.25) is 0 Å². The number of methoxy groups -OCH3 is 1. The van der Waals surface area contributed by atoms with Crippen LogP contribution < -0.4 is 4.74 Å². The van der Waals surface area contributed by atoms with E-state index in [1.165, 1.54) is 7.11 Å². The fourth-order valence-electron chi connectivity index (χ4n) is 4.23. The van der Waals surface area contributed by atoms with E-state index in [4.69, 9.17) is 48.8 Å². The van der Waals surface area contributed by atoms with E-state index in [2.05, 4.69) is 17.0 Å². The highest BCUT2D eigenvalue weighted by molar-refractivity contribution is 6.39. The molecule has 1 saturated carbocycles. The van der Waals surface area contributed by atoms with Gasteiger partial charge in [0.25, 0.3) is 0 Å². The summed E-state index contributed by atoms with van der Waals surface area (Å²) in [6, 6.07) is 16.1. The first-order valence-electron chi connectivity index (χ1n) is 12.5. The van der Waals surface area contributed by atoms with Crippen LogP contribution in [0.25, 0.3) is 11.3 Å². The molecule has 198 valence electrons. The molecule has 1 aromatic heterocycles. The molecule has 1 fully saturated rings. The summed E-state index contributed by atoms with van der Waals surface area (Å²) >= 11 is 19.5. The van der Waals surface area contributed by atoms with Crippen LogP contribution in [-0.4, -0.2) is 18.2 Å². The zero-order valence-electron chi connectivity index (χ0n) is 21.3. The Hall–Kier alpha value is -3.43.